The maximum Gasteiger partial charge on any atom is 0.337 e. The Bertz CT molecular complexity index is 2110. The van der Waals surface area contributed by atoms with Crippen LogP contribution in [0.3, 0.4) is 0 Å². The first-order chi connectivity index (χ1) is 23.4. The monoisotopic (exact) mass is 714 g/mol. The molecule has 5 rings (SSSR count). The van der Waals surface area contributed by atoms with Crippen molar-refractivity contribution < 1.29 is 26.7 Å². The van der Waals surface area contributed by atoms with Crippen molar-refractivity contribution in [3.8, 4) is 16.1 Å². The van der Waals surface area contributed by atoms with Crippen LogP contribution in [0.5, 0.6) is 0 Å². The number of carbonyl (C=O) groups is 1. The molecule has 0 radical (unpaired) electrons. The number of amides is 2. The SMILES string of the molecule is CCNC(=O)Nc1ccc(-c2sc3c(c2CN(C)CCN(C)S(=O)O)c(=O)n(-c2ccc(F)cc2)c(=O)n3Cc2c(F)cccc2F)cc1. The Balaban J connectivity index is 1.76. The second-order valence-electron chi connectivity index (χ2n) is 11.2. The van der Waals surface area contributed by atoms with Gasteiger partial charge in [-0.2, -0.15) is 0 Å². The number of thiophene rings is 1. The summed E-state index contributed by atoms with van der Waals surface area (Å²) in [5.74, 6) is -2.35. The zero-order valence-corrected chi connectivity index (χ0v) is 28.3. The summed E-state index contributed by atoms with van der Waals surface area (Å²) in [6.07, 6.45) is 0. The van der Waals surface area contributed by atoms with Gasteiger partial charge in [-0.3, -0.25) is 13.9 Å². The van der Waals surface area contributed by atoms with Crippen LogP contribution in [0.25, 0.3) is 26.3 Å². The number of nitrogens with one attached hydrogen (secondary N) is 2. The molecule has 2 amide bonds. The van der Waals surface area contributed by atoms with Crippen molar-refractivity contribution >= 4 is 44.5 Å². The number of benzene rings is 3. The number of rotatable bonds is 12. The third kappa shape index (κ3) is 7.84. The Labute approximate surface area is 285 Å². The highest BCUT2D eigenvalue weighted by Crippen LogP contribution is 2.38. The van der Waals surface area contributed by atoms with Gasteiger partial charge in [-0.15, -0.1) is 11.3 Å². The van der Waals surface area contributed by atoms with E-state index in [0.29, 0.717) is 34.8 Å². The lowest BCUT2D eigenvalue weighted by Gasteiger charge is -2.20. The zero-order chi connectivity index (χ0) is 35.4. The van der Waals surface area contributed by atoms with E-state index in [9.17, 15) is 36.3 Å². The summed E-state index contributed by atoms with van der Waals surface area (Å²) in [5.41, 5.74) is -0.309. The average Bonchev–Trinajstić information content (AvgIpc) is 3.43. The highest BCUT2D eigenvalue weighted by molar-refractivity contribution is 7.76. The standard InChI is InChI=1S/C33H33F3N6O5S2/c1-4-37-32(44)38-22-12-8-20(9-13-22)29-25(18-39(2)16-17-40(3)49(46)47)28-30(43)42(23-14-10-21(34)11-15-23)33(45)41(31(28)48-29)19-24-26(35)6-5-7-27(24)36/h5-15H,4,16-19H2,1-3H3,(H,46,47)(H2,37,38,44). The Morgan fingerprint density at radius 1 is 0.939 bits per heavy atom. The predicted molar refractivity (Wildman–Crippen MR) is 185 cm³/mol. The van der Waals surface area contributed by atoms with Crippen LogP contribution in [-0.4, -0.2) is 66.9 Å². The van der Waals surface area contributed by atoms with E-state index in [2.05, 4.69) is 10.6 Å². The molecule has 5 aromatic rings. The van der Waals surface area contributed by atoms with Crippen molar-refractivity contribution in [2.75, 3.05) is 39.0 Å². The molecule has 0 saturated heterocycles. The van der Waals surface area contributed by atoms with E-state index in [1.54, 1.807) is 38.2 Å². The second kappa shape index (κ2) is 15.3. The second-order valence-corrected chi connectivity index (χ2v) is 13.2. The molecule has 0 aliphatic carbocycles. The molecule has 2 aromatic heterocycles. The summed E-state index contributed by atoms with van der Waals surface area (Å²) < 4.78 is 68.0. The summed E-state index contributed by atoms with van der Waals surface area (Å²) in [6.45, 7) is 2.31. The largest absolute Gasteiger partial charge is 0.338 e. The van der Waals surface area contributed by atoms with Crippen LogP contribution in [0.1, 0.15) is 18.1 Å². The quantitative estimate of drug-likeness (QED) is 0.156. The lowest BCUT2D eigenvalue weighted by Crippen LogP contribution is -2.39. The molecule has 0 aliphatic rings. The molecule has 1 atom stereocenters. The van der Waals surface area contributed by atoms with E-state index in [1.165, 1.54) is 29.6 Å². The van der Waals surface area contributed by atoms with Gasteiger partial charge in [0.15, 0.2) is 0 Å². The van der Waals surface area contributed by atoms with Crippen molar-refractivity contribution in [1.29, 1.82) is 0 Å². The number of halogens is 3. The molecule has 11 nitrogen and oxygen atoms in total. The summed E-state index contributed by atoms with van der Waals surface area (Å²) in [5, 5.41) is 5.48. The van der Waals surface area contributed by atoms with Gasteiger partial charge in [0.2, 0.25) is 11.3 Å². The Morgan fingerprint density at radius 3 is 2.20 bits per heavy atom. The number of hydrogen-bond acceptors (Lipinski definition) is 6. The molecular weight excluding hydrogens is 682 g/mol. The summed E-state index contributed by atoms with van der Waals surface area (Å²) >= 11 is -1.11. The Kier molecular flexibility index (Phi) is 11.1. The summed E-state index contributed by atoms with van der Waals surface area (Å²) in [7, 11) is 3.23. The maximum absolute atomic E-state index is 15.0. The van der Waals surface area contributed by atoms with Crippen molar-refractivity contribution in [2.24, 2.45) is 0 Å². The van der Waals surface area contributed by atoms with E-state index in [1.807, 2.05) is 4.90 Å². The highest BCUT2D eigenvalue weighted by atomic mass is 32.2. The molecule has 49 heavy (non-hydrogen) atoms. The molecule has 0 fully saturated rings. The number of anilines is 1. The predicted octanol–water partition coefficient (Wildman–Crippen LogP) is 4.99. The average molecular weight is 715 g/mol. The molecular formula is C33H33F3N6O5S2. The summed E-state index contributed by atoms with van der Waals surface area (Å²) in [6, 6.07) is 14.5. The lowest BCUT2D eigenvalue weighted by atomic mass is 10.1. The minimum Gasteiger partial charge on any atom is -0.338 e. The molecule has 1 unspecified atom stereocenters. The van der Waals surface area contributed by atoms with Gasteiger partial charge in [0.05, 0.1) is 17.6 Å². The van der Waals surface area contributed by atoms with Crippen LogP contribution in [-0.2, 0) is 24.4 Å². The van der Waals surface area contributed by atoms with Crippen LogP contribution in [0.15, 0.2) is 76.3 Å². The van der Waals surface area contributed by atoms with Crippen molar-refractivity contribution in [3.63, 3.8) is 0 Å². The van der Waals surface area contributed by atoms with Crippen molar-refractivity contribution in [1.82, 2.24) is 23.7 Å². The van der Waals surface area contributed by atoms with E-state index in [-0.39, 0.29) is 40.6 Å². The fourth-order valence-corrected chi connectivity index (χ4v) is 6.77. The lowest BCUT2D eigenvalue weighted by molar-refractivity contribution is 0.252. The Hall–Kier alpha value is -4.61. The first kappa shape index (κ1) is 35.7. The zero-order valence-electron chi connectivity index (χ0n) is 26.7. The van der Waals surface area contributed by atoms with Crippen LogP contribution >= 0.6 is 11.3 Å². The fourth-order valence-electron chi connectivity index (χ4n) is 5.23. The number of fused-ring (bicyclic) bond motifs is 1. The normalized spacial score (nSPS) is 12.2. The summed E-state index contributed by atoms with van der Waals surface area (Å²) in [4.78, 5) is 43.1. The minimum absolute atomic E-state index is 0.0564. The van der Waals surface area contributed by atoms with Crippen molar-refractivity contribution in [3.05, 3.63) is 116 Å². The topological polar surface area (TPSA) is 129 Å². The fraction of sp³-hybridized carbons (Fsp3) is 0.242. The van der Waals surface area contributed by atoms with E-state index >= 15 is 0 Å². The smallest absolute Gasteiger partial charge is 0.337 e. The third-order valence-corrected chi connectivity index (χ3v) is 9.79. The van der Waals surface area contributed by atoms with Gasteiger partial charge in [-0.25, -0.2) is 35.8 Å². The van der Waals surface area contributed by atoms with Gasteiger partial charge in [0.1, 0.15) is 22.3 Å². The van der Waals surface area contributed by atoms with Crippen LogP contribution in [0, 0.1) is 17.5 Å². The molecule has 0 spiro atoms. The molecule has 0 saturated carbocycles. The van der Waals surface area contributed by atoms with Crippen LogP contribution in [0.2, 0.25) is 0 Å². The molecule has 0 bridgehead atoms. The van der Waals surface area contributed by atoms with Gasteiger partial charge >= 0.3 is 11.7 Å². The first-order valence-corrected chi connectivity index (χ1v) is 16.9. The van der Waals surface area contributed by atoms with Gasteiger partial charge in [0.25, 0.3) is 5.56 Å². The molecule has 258 valence electrons. The molecule has 16 heteroatoms. The molecule has 3 aromatic carbocycles. The van der Waals surface area contributed by atoms with Gasteiger partial charge in [0, 0.05) is 49.4 Å². The number of aromatic nitrogens is 2. The first-order valence-electron chi connectivity index (χ1n) is 15.1. The maximum atomic E-state index is 15.0. The van der Waals surface area contributed by atoms with Crippen LogP contribution in [0.4, 0.5) is 23.7 Å². The third-order valence-electron chi connectivity index (χ3n) is 7.77. The number of carbonyl (C=O) groups excluding carboxylic acids is 1. The van der Waals surface area contributed by atoms with Gasteiger partial charge in [-0.1, -0.05) is 18.2 Å². The van der Waals surface area contributed by atoms with E-state index in [4.69, 9.17) is 0 Å². The number of urea groups is 1. The number of likely N-dealkylation sites (N-methyl/N-ethyl adjacent to an activating group) is 2. The van der Waals surface area contributed by atoms with Gasteiger partial charge < -0.3 is 15.5 Å². The van der Waals surface area contributed by atoms with Crippen LogP contribution < -0.4 is 21.9 Å². The van der Waals surface area contributed by atoms with E-state index in [0.717, 1.165) is 44.7 Å². The highest BCUT2D eigenvalue weighted by Gasteiger charge is 2.26. The van der Waals surface area contributed by atoms with E-state index < -0.39 is 46.5 Å². The number of hydrogen-bond donors (Lipinski definition) is 3. The molecule has 2 heterocycles. The molecule has 3 N–H and O–H groups in total. The molecule has 0 aliphatic heterocycles. The number of nitrogens with zero attached hydrogens (tertiary/aromatic N) is 4. The Morgan fingerprint density at radius 2 is 1.59 bits per heavy atom. The minimum atomic E-state index is -2.19. The van der Waals surface area contributed by atoms with Gasteiger partial charge in [-0.05, 0) is 73.6 Å². The van der Waals surface area contributed by atoms with Crippen molar-refractivity contribution in [2.45, 2.75) is 20.0 Å².